The average Bonchev–Trinajstić information content (AvgIpc) is 3.12. The van der Waals surface area contributed by atoms with Gasteiger partial charge in [0.1, 0.15) is 5.82 Å². The van der Waals surface area contributed by atoms with Crippen molar-refractivity contribution in [3.05, 3.63) is 89.1 Å². The van der Waals surface area contributed by atoms with Crippen molar-refractivity contribution in [2.24, 2.45) is 0 Å². The van der Waals surface area contributed by atoms with Crippen LogP contribution in [0.1, 0.15) is 22.3 Å². The molecule has 5 heteroatoms. The largest absolute Gasteiger partial charge is 0.358 e. The first kappa shape index (κ1) is 17.5. The summed E-state index contributed by atoms with van der Waals surface area (Å²) in [5, 5.41) is 7.02. The van der Waals surface area contributed by atoms with Gasteiger partial charge in [0, 0.05) is 19.6 Å². The maximum absolute atomic E-state index is 5.39. The van der Waals surface area contributed by atoms with Crippen LogP contribution >= 0.6 is 12.2 Å². The molecule has 0 bridgehead atoms. The Labute approximate surface area is 165 Å². The maximum atomic E-state index is 5.39. The lowest BCUT2D eigenvalue weighted by molar-refractivity contribution is 0.857. The fraction of sp³-hybridized carbons (Fsp3) is 0.182. The minimum Gasteiger partial charge on any atom is -0.358 e. The third-order valence-electron chi connectivity index (χ3n) is 4.74. The minimum atomic E-state index is 0.596. The Hall–Kier alpha value is -2.92. The van der Waals surface area contributed by atoms with Crippen molar-refractivity contribution < 1.29 is 0 Å². The van der Waals surface area contributed by atoms with Gasteiger partial charge in [-0.05, 0) is 48.0 Å². The van der Waals surface area contributed by atoms with Crippen molar-refractivity contribution in [1.82, 2.24) is 10.3 Å². The molecule has 1 aromatic heterocycles. The number of nitrogens with one attached hydrogen (secondary N) is 2. The van der Waals surface area contributed by atoms with E-state index >= 15 is 0 Å². The number of aromatic nitrogens is 1. The monoisotopic (exact) mass is 374 g/mol. The molecule has 0 fully saturated rings. The second-order valence-electron chi connectivity index (χ2n) is 6.82. The number of thiocarbonyl (C=S) groups is 1. The van der Waals surface area contributed by atoms with Gasteiger partial charge in [0.2, 0.25) is 0 Å². The average molecular weight is 375 g/mol. The number of fused-ring (bicyclic) bond motifs is 1. The Morgan fingerprint density at radius 1 is 1.00 bits per heavy atom. The molecular weight excluding hydrogens is 352 g/mol. The maximum Gasteiger partial charge on any atom is 0.171 e. The number of pyridine rings is 1. The van der Waals surface area contributed by atoms with E-state index in [0.717, 1.165) is 24.6 Å². The molecule has 3 aromatic rings. The predicted molar refractivity (Wildman–Crippen MR) is 115 cm³/mol. The minimum absolute atomic E-state index is 0.596. The van der Waals surface area contributed by atoms with Gasteiger partial charge < -0.3 is 15.5 Å². The summed E-state index contributed by atoms with van der Waals surface area (Å²) in [7, 11) is 0. The Morgan fingerprint density at radius 3 is 2.33 bits per heavy atom. The molecule has 0 aliphatic carbocycles. The van der Waals surface area contributed by atoms with Crippen LogP contribution in [-0.2, 0) is 19.6 Å². The highest BCUT2D eigenvalue weighted by atomic mass is 32.1. The quantitative estimate of drug-likeness (QED) is 0.663. The highest BCUT2D eigenvalue weighted by Crippen LogP contribution is 2.27. The summed E-state index contributed by atoms with van der Waals surface area (Å²) in [6.45, 7) is 4.60. The summed E-state index contributed by atoms with van der Waals surface area (Å²) in [5.74, 6) is 0.982. The van der Waals surface area contributed by atoms with Gasteiger partial charge in [-0.15, -0.1) is 0 Å². The Bertz CT molecular complexity index is 910. The first-order chi connectivity index (χ1) is 13.2. The summed E-state index contributed by atoms with van der Waals surface area (Å²) in [6, 6.07) is 21.0. The molecule has 1 aliphatic rings. The highest BCUT2D eigenvalue weighted by Gasteiger charge is 2.19. The molecule has 0 unspecified atom stereocenters. The Balaban J connectivity index is 1.31. The standard InChI is InChI=1S/C22H22N4S/c1-16-6-8-17(9-7-16)12-24-22(27)25-20-10-11-21(23-13-20)26-14-18-4-2-3-5-19(18)15-26/h2-11,13H,12,14-15H2,1H3,(H2,24,25,27). The van der Waals surface area contributed by atoms with Gasteiger partial charge in [-0.1, -0.05) is 54.1 Å². The molecule has 0 atom stereocenters. The topological polar surface area (TPSA) is 40.2 Å². The number of benzene rings is 2. The predicted octanol–water partition coefficient (Wildman–Crippen LogP) is 4.40. The lowest BCUT2D eigenvalue weighted by atomic mass is 10.1. The first-order valence-corrected chi connectivity index (χ1v) is 9.46. The van der Waals surface area contributed by atoms with Crippen molar-refractivity contribution in [2.45, 2.75) is 26.6 Å². The van der Waals surface area contributed by atoms with Crippen molar-refractivity contribution >= 4 is 28.8 Å². The van der Waals surface area contributed by atoms with Crippen LogP contribution in [0, 0.1) is 6.92 Å². The summed E-state index contributed by atoms with van der Waals surface area (Å²) < 4.78 is 0. The number of aryl methyl sites for hydroxylation is 1. The summed E-state index contributed by atoms with van der Waals surface area (Å²) in [5.41, 5.74) is 6.10. The molecule has 2 N–H and O–H groups in total. The summed E-state index contributed by atoms with van der Waals surface area (Å²) >= 11 is 5.39. The molecule has 4 rings (SSSR count). The van der Waals surface area contributed by atoms with Gasteiger partial charge in [0.05, 0.1) is 11.9 Å². The van der Waals surface area contributed by atoms with E-state index < -0.39 is 0 Å². The number of anilines is 2. The zero-order valence-electron chi connectivity index (χ0n) is 15.3. The van der Waals surface area contributed by atoms with Crippen molar-refractivity contribution in [3.8, 4) is 0 Å². The Morgan fingerprint density at radius 2 is 1.70 bits per heavy atom. The third kappa shape index (κ3) is 4.26. The first-order valence-electron chi connectivity index (χ1n) is 9.05. The van der Waals surface area contributed by atoms with E-state index in [1.54, 1.807) is 0 Å². The smallest absolute Gasteiger partial charge is 0.171 e. The number of hydrogen-bond acceptors (Lipinski definition) is 3. The molecule has 0 spiro atoms. The van der Waals surface area contributed by atoms with Crippen LogP contribution in [0.25, 0.3) is 0 Å². The molecule has 0 saturated heterocycles. The third-order valence-corrected chi connectivity index (χ3v) is 4.99. The van der Waals surface area contributed by atoms with E-state index in [-0.39, 0.29) is 0 Å². The second kappa shape index (κ2) is 7.76. The molecule has 0 saturated carbocycles. The van der Waals surface area contributed by atoms with Crippen molar-refractivity contribution in [1.29, 1.82) is 0 Å². The molecule has 1 aliphatic heterocycles. The van der Waals surface area contributed by atoms with E-state index in [4.69, 9.17) is 12.2 Å². The number of hydrogen-bond donors (Lipinski definition) is 2. The van der Waals surface area contributed by atoms with E-state index in [0.29, 0.717) is 11.7 Å². The Kier molecular flexibility index (Phi) is 5.03. The molecule has 2 aromatic carbocycles. The van der Waals surface area contributed by atoms with Crippen LogP contribution in [0.3, 0.4) is 0 Å². The molecule has 4 nitrogen and oxygen atoms in total. The zero-order valence-corrected chi connectivity index (χ0v) is 16.1. The molecular formula is C22H22N4S. The van der Waals surface area contributed by atoms with E-state index in [1.165, 1.54) is 22.3 Å². The van der Waals surface area contributed by atoms with Crippen LogP contribution < -0.4 is 15.5 Å². The van der Waals surface area contributed by atoms with Crippen LogP contribution in [0.2, 0.25) is 0 Å². The van der Waals surface area contributed by atoms with Crippen molar-refractivity contribution in [2.75, 3.05) is 10.2 Å². The number of nitrogens with zero attached hydrogens (tertiary/aromatic N) is 2. The van der Waals surface area contributed by atoms with Gasteiger partial charge in [-0.25, -0.2) is 4.98 Å². The number of rotatable bonds is 4. The molecule has 136 valence electrons. The SMILES string of the molecule is Cc1ccc(CNC(=S)Nc2ccc(N3Cc4ccccc4C3)nc2)cc1. The van der Waals surface area contributed by atoms with Crippen LogP contribution in [-0.4, -0.2) is 10.1 Å². The highest BCUT2D eigenvalue weighted by molar-refractivity contribution is 7.80. The van der Waals surface area contributed by atoms with Gasteiger partial charge in [-0.2, -0.15) is 0 Å². The molecule has 0 radical (unpaired) electrons. The van der Waals surface area contributed by atoms with Gasteiger partial charge >= 0.3 is 0 Å². The fourth-order valence-corrected chi connectivity index (χ4v) is 3.40. The van der Waals surface area contributed by atoms with Crippen molar-refractivity contribution in [3.63, 3.8) is 0 Å². The summed E-state index contributed by atoms with van der Waals surface area (Å²) in [4.78, 5) is 6.88. The van der Waals surface area contributed by atoms with Crippen LogP contribution in [0.15, 0.2) is 66.9 Å². The lowest BCUT2D eigenvalue weighted by Gasteiger charge is -2.17. The zero-order chi connectivity index (χ0) is 18.6. The molecule has 2 heterocycles. The summed E-state index contributed by atoms with van der Waals surface area (Å²) in [6.07, 6.45) is 1.83. The van der Waals surface area contributed by atoms with Gasteiger partial charge in [0.15, 0.2) is 5.11 Å². The lowest BCUT2D eigenvalue weighted by Crippen LogP contribution is -2.28. The fourth-order valence-electron chi connectivity index (χ4n) is 3.21. The van der Waals surface area contributed by atoms with E-state index in [2.05, 4.69) is 76.0 Å². The molecule has 27 heavy (non-hydrogen) atoms. The van der Waals surface area contributed by atoms with E-state index in [1.807, 2.05) is 18.3 Å². The van der Waals surface area contributed by atoms with Crippen LogP contribution in [0.5, 0.6) is 0 Å². The second-order valence-corrected chi connectivity index (χ2v) is 7.23. The van der Waals surface area contributed by atoms with Gasteiger partial charge in [-0.3, -0.25) is 0 Å². The van der Waals surface area contributed by atoms with Gasteiger partial charge in [0.25, 0.3) is 0 Å². The van der Waals surface area contributed by atoms with Crippen LogP contribution in [0.4, 0.5) is 11.5 Å². The molecule has 0 amide bonds. The normalized spacial score (nSPS) is 12.6. The van der Waals surface area contributed by atoms with E-state index in [9.17, 15) is 0 Å².